The molecule has 0 aliphatic carbocycles. The van der Waals surface area contributed by atoms with Gasteiger partial charge in [0.25, 0.3) is 5.89 Å². The van der Waals surface area contributed by atoms with E-state index in [9.17, 15) is 4.39 Å². The Bertz CT molecular complexity index is 1030. The maximum absolute atomic E-state index is 14.0. The van der Waals surface area contributed by atoms with Crippen molar-refractivity contribution in [3.63, 3.8) is 0 Å². The van der Waals surface area contributed by atoms with E-state index in [1.165, 1.54) is 6.07 Å². The molecule has 0 fully saturated rings. The zero-order valence-electron chi connectivity index (χ0n) is 14.1. The summed E-state index contributed by atoms with van der Waals surface area (Å²) in [6, 6.07) is 23.0. The molecule has 27 heavy (non-hydrogen) atoms. The number of halogens is 2. The smallest absolute Gasteiger partial charge is 0.250 e. The van der Waals surface area contributed by atoms with Crippen LogP contribution in [0.15, 0.2) is 83.3 Å². The Balaban J connectivity index is 1.71. The molecule has 0 aliphatic rings. The van der Waals surface area contributed by atoms with Gasteiger partial charge in [0.1, 0.15) is 11.9 Å². The van der Waals surface area contributed by atoms with Gasteiger partial charge in [0.2, 0.25) is 5.89 Å². The van der Waals surface area contributed by atoms with E-state index in [0.717, 1.165) is 11.3 Å². The molecule has 1 atom stereocenters. The van der Waals surface area contributed by atoms with Crippen molar-refractivity contribution in [2.75, 3.05) is 5.32 Å². The minimum atomic E-state index is -0.408. The van der Waals surface area contributed by atoms with E-state index in [1.807, 2.05) is 42.5 Å². The van der Waals surface area contributed by atoms with E-state index in [2.05, 4.69) is 15.5 Å². The van der Waals surface area contributed by atoms with Crippen LogP contribution in [0.2, 0.25) is 5.02 Å². The van der Waals surface area contributed by atoms with Crippen molar-refractivity contribution < 1.29 is 8.81 Å². The number of rotatable bonds is 5. The van der Waals surface area contributed by atoms with Gasteiger partial charge in [0.05, 0.1) is 5.56 Å². The second kappa shape index (κ2) is 7.60. The predicted octanol–water partition coefficient (Wildman–Crippen LogP) is 5.73. The van der Waals surface area contributed by atoms with Crippen molar-refractivity contribution in [1.82, 2.24) is 10.2 Å². The summed E-state index contributed by atoms with van der Waals surface area (Å²) in [4.78, 5) is 0. The third kappa shape index (κ3) is 3.83. The Morgan fingerprint density at radius 3 is 2.30 bits per heavy atom. The van der Waals surface area contributed by atoms with Crippen LogP contribution < -0.4 is 5.32 Å². The van der Waals surface area contributed by atoms with Gasteiger partial charge in [-0.2, -0.15) is 0 Å². The Morgan fingerprint density at radius 1 is 0.852 bits per heavy atom. The number of nitrogens with one attached hydrogen (secondary N) is 1. The molecule has 4 aromatic rings. The Labute approximate surface area is 160 Å². The average Bonchev–Trinajstić information content (AvgIpc) is 3.18. The zero-order chi connectivity index (χ0) is 18.6. The van der Waals surface area contributed by atoms with Crippen molar-refractivity contribution in [3.05, 3.63) is 101 Å². The van der Waals surface area contributed by atoms with Gasteiger partial charge < -0.3 is 9.73 Å². The number of hydrogen-bond donors (Lipinski definition) is 1. The summed E-state index contributed by atoms with van der Waals surface area (Å²) in [5, 5.41) is 12.2. The predicted molar refractivity (Wildman–Crippen MR) is 103 cm³/mol. The van der Waals surface area contributed by atoms with Gasteiger partial charge in [-0.05, 0) is 42.0 Å². The first-order valence-corrected chi connectivity index (χ1v) is 8.74. The maximum Gasteiger partial charge on any atom is 0.250 e. The first-order valence-electron chi connectivity index (χ1n) is 8.36. The molecule has 1 N–H and O–H groups in total. The van der Waals surface area contributed by atoms with E-state index >= 15 is 0 Å². The van der Waals surface area contributed by atoms with Crippen LogP contribution in [-0.2, 0) is 0 Å². The summed E-state index contributed by atoms with van der Waals surface area (Å²) in [7, 11) is 0. The number of hydrogen-bond acceptors (Lipinski definition) is 4. The fourth-order valence-corrected chi connectivity index (χ4v) is 2.87. The molecular weight excluding hydrogens is 365 g/mol. The SMILES string of the molecule is Fc1ccccc1-c1nnc([C@@H](Nc2ccc(Cl)cc2)c2ccccc2)o1. The molecule has 134 valence electrons. The van der Waals surface area contributed by atoms with E-state index in [4.69, 9.17) is 16.0 Å². The highest BCUT2D eigenvalue weighted by atomic mass is 35.5. The van der Waals surface area contributed by atoms with Crippen LogP contribution in [0.5, 0.6) is 0 Å². The van der Waals surface area contributed by atoms with Crippen molar-refractivity contribution in [1.29, 1.82) is 0 Å². The molecule has 0 bridgehead atoms. The average molecular weight is 380 g/mol. The van der Waals surface area contributed by atoms with Crippen LogP contribution in [0.25, 0.3) is 11.5 Å². The minimum absolute atomic E-state index is 0.141. The Morgan fingerprint density at radius 2 is 1.56 bits per heavy atom. The summed E-state index contributed by atoms with van der Waals surface area (Å²) >= 11 is 5.96. The minimum Gasteiger partial charge on any atom is -0.418 e. The van der Waals surface area contributed by atoms with Crippen molar-refractivity contribution in [3.8, 4) is 11.5 Å². The molecule has 4 rings (SSSR count). The largest absolute Gasteiger partial charge is 0.418 e. The van der Waals surface area contributed by atoms with Crippen LogP contribution in [0, 0.1) is 5.82 Å². The molecule has 0 aliphatic heterocycles. The lowest BCUT2D eigenvalue weighted by atomic mass is 10.1. The summed E-state index contributed by atoms with van der Waals surface area (Å²) in [6.07, 6.45) is 0. The van der Waals surface area contributed by atoms with E-state index in [0.29, 0.717) is 10.9 Å². The normalized spacial score (nSPS) is 11.9. The number of benzene rings is 3. The van der Waals surface area contributed by atoms with Gasteiger partial charge in [-0.15, -0.1) is 10.2 Å². The Hall–Kier alpha value is -3.18. The van der Waals surface area contributed by atoms with Gasteiger partial charge >= 0.3 is 0 Å². The number of aromatic nitrogens is 2. The highest BCUT2D eigenvalue weighted by Crippen LogP contribution is 2.29. The zero-order valence-corrected chi connectivity index (χ0v) is 14.9. The molecule has 1 heterocycles. The van der Waals surface area contributed by atoms with Crippen LogP contribution in [0.1, 0.15) is 17.5 Å². The molecule has 0 radical (unpaired) electrons. The fraction of sp³-hybridized carbons (Fsp3) is 0.0476. The number of nitrogens with zero attached hydrogens (tertiary/aromatic N) is 2. The van der Waals surface area contributed by atoms with E-state index < -0.39 is 5.82 Å². The van der Waals surface area contributed by atoms with Gasteiger partial charge in [0, 0.05) is 10.7 Å². The first kappa shape index (κ1) is 17.2. The molecule has 3 aromatic carbocycles. The van der Waals surface area contributed by atoms with E-state index in [-0.39, 0.29) is 17.5 Å². The standard InChI is InChI=1S/C21H15ClFN3O/c22-15-10-12-16(13-11-15)24-19(14-6-2-1-3-7-14)21-26-25-20(27-21)17-8-4-5-9-18(17)23/h1-13,19,24H/t19-/m0/s1. The highest BCUT2D eigenvalue weighted by molar-refractivity contribution is 6.30. The summed E-state index contributed by atoms with van der Waals surface area (Å²) in [5.41, 5.74) is 2.06. The highest BCUT2D eigenvalue weighted by Gasteiger charge is 2.22. The molecular formula is C21H15ClFN3O. The monoisotopic (exact) mass is 379 g/mol. The molecule has 4 nitrogen and oxygen atoms in total. The lowest BCUT2D eigenvalue weighted by Gasteiger charge is -2.17. The summed E-state index contributed by atoms with van der Waals surface area (Å²) in [5.74, 6) is 0.0750. The van der Waals surface area contributed by atoms with Crippen LogP contribution in [0.4, 0.5) is 10.1 Å². The Kier molecular flexibility index (Phi) is 4.85. The topological polar surface area (TPSA) is 51.0 Å². The van der Waals surface area contributed by atoms with Crippen LogP contribution >= 0.6 is 11.6 Å². The van der Waals surface area contributed by atoms with Gasteiger partial charge in [-0.1, -0.05) is 54.1 Å². The second-order valence-corrected chi connectivity index (χ2v) is 6.36. The van der Waals surface area contributed by atoms with Crippen molar-refractivity contribution in [2.24, 2.45) is 0 Å². The van der Waals surface area contributed by atoms with Crippen molar-refractivity contribution in [2.45, 2.75) is 6.04 Å². The molecule has 6 heteroatoms. The van der Waals surface area contributed by atoms with Crippen LogP contribution in [0.3, 0.4) is 0 Å². The molecule has 0 saturated heterocycles. The van der Waals surface area contributed by atoms with Gasteiger partial charge in [0.15, 0.2) is 0 Å². The second-order valence-electron chi connectivity index (χ2n) is 5.92. The van der Waals surface area contributed by atoms with E-state index in [1.54, 1.807) is 30.3 Å². The lowest BCUT2D eigenvalue weighted by molar-refractivity contribution is 0.490. The summed E-state index contributed by atoms with van der Waals surface area (Å²) in [6.45, 7) is 0. The number of anilines is 1. The van der Waals surface area contributed by atoms with Crippen molar-refractivity contribution >= 4 is 17.3 Å². The molecule has 0 unspecified atom stereocenters. The maximum atomic E-state index is 14.0. The molecule has 1 aromatic heterocycles. The molecule has 0 saturated carbocycles. The third-order valence-corrected chi connectivity index (χ3v) is 4.33. The third-order valence-electron chi connectivity index (χ3n) is 4.08. The molecule has 0 amide bonds. The summed E-state index contributed by atoms with van der Waals surface area (Å²) < 4.78 is 19.8. The van der Waals surface area contributed by atoms with Gasteiger partial charge in [-0.3, -0.25) is 0 Å². The van der Waals surface area contributed by atoms with Crippen LogP contribution in [-0.4, -0.2) is 10.2 Å². The lowest BCUT2D eigenvalue weighted by Crippen LogP contribution is -2.12. The molecule has 0 spiro atoms. The fourth-order valence-electron chi connectivity index (χ4n) is 2.74. The first-order chi connectivity index (χ1) is 13.2. The van der Waals surface area contributed by atoms with Gasteiger partial charge in [-0.25, -0.2) is 4.39 Å². The quantitative estimate of drug-likeness (QED) is 0.481.